The lowest BCUT2D eigenvalue weighted by molar-refractivity contribution is 0.106. The minimum atomic E-state index is -0.490. The van der Waals surface area contributed by atoms with Gasteiger partial charge in [-0.3, -0.25) is 0 Å². The third-order valence-electron chi connectivity index (χ3n) is 6.87. The molecule has 0 fully saturated rings. The van der Waals surface area contributed by atoms with E-state index >= 15 is 0 Å². The van der Waals surface area contributed by atoms with Crippen LogP contribution in [0.4, 0.5) is 0 Å². The minimum Gasteiger partial charge on any atom is -0.392 e. The van der Waals surface area contributed by atoms with Crippen molar-refractivity contribution in [3.05, 3.63) is 81.9 Å². The summed E-state index contributed by atoms with van der Waals surface area (Å²) in [6, 6.07) is 12.5. The van der Waals surface area contributed by atoms with Gasteiger partial charge in [0.1, 0.15) is 0 Å². The highest BCUT2D eigenvalue weighted by Gasteiger charge is 2.26. The number of aryl methyl sites for hydroxylation is 1. The van der Waals surface area contributed by atoms with E-state index in [1.807, 2.05) is 51.1 Å². The molecule has 2 aromatic rings. The first-order valence-corrected chi connectivity index (χ1v) is 12.2. The summed E-state index contributed by atoms with van der Waals surface area (Å²) in [6.45, 7) is 12.6. The van der Waals surface area contributed by atoms with E-state index in [1.54, 1.807) is 0 Å². The number of hydrogen-bond acceptors (Lipinski definition) is 3. The fourth-order valence-electron chi connectivity index (χ4n) is 4.16. The van der Waals surface area contributed by atoms with Crippen molar-refractivity contribution in [1.82, 2.24) is 0 Å². The predicted octanol–water partition coefficient (Wildman–Crippen LogP) is 6.43. The first-order valence-electron chi connectivity index (χ1n) is 12.2. The van der Waals surface area contributed by atoms with Crippen LogP contribution in [-0.4, -0.2) is 21.4 Å². The molecule has 0 heterocycles. The van der Waals surface area contributed by atoms with Crippen LogP contribution in [0.3, 0.4) is 0 Å². The van der Waals surface area contributed by atoms with E-state index in [9.17, 15) is 15.3 Å². The Bertz CT molecular complexity index is 959. The van der Waals surface area contributed by atoms with Gasteiger partial charge in [0.2, 0.25) is 0 Å². The fraction of sp³-hybridized carbons (Fsp3) is 0.467. The maximum absolute atomic E-state index is 10.4. The zero-order valence-corrected chi connectivity index (χ0v) is 21.2. The molecule has 1 unspecified atom stereocenters. The smallest absolute Gasteiger partial charge is 0.0772 e. The monoisotopic (exact) mass is 450 g/mol. The molecule has 0 bridgehead atoms. The lowest BCUT2D eigenvalue weighted by Crippen LogP contribution is -2.23. The van der Waals surface area contributed by atoms with Gasteiger partial charge in [0.15, 0.2) is 0 Å². The van der Waals surface area contributed by atoms with Gasteiger partial charge < -0.3 is 15.3 Å². The summed E-state index contributed by atoms with van der Waals surface area (Å²) < 4.78 is 0. The summed E-state index contributed by atoms with van der Waals surface area (Å²) in [5.74, 6) is 0. The largest absolute Gasteiger partial charge is 0.392 e. The third kappa shape index (κ3) is 6.66. The summed E-state index contributed by atoms with van der Waals surface area (Å²) in [5, 5.41) is 29.5. The molecular weight excluding hydrogens is 408 g/mol. The average Bonchev–Trinajstić information content (AvgIpc) is 2.82. The second-order valence-corrected chi connectivity index (χ2v) is 9.98. The van der Waals surface area contributed by atoms with E-state index < -0.39 is 6.10 Å². The van der Waals surface area contributed by atoms with Gasteiger partial charge in [-0.2, -0.15) is 0 Å². The third-order valence-corrected chi connectivity index (χ3v) is 6.87. The van der Waals surface area contributed by atoms with Gasteiger partial charge >= 0.3 is 0 Å². The second-order valence-electron chi connectivity index (χ2n) is 9.98. The highest BCUT2D eigenvalue weighted by atomic mass is 16.3. The molecule has 3 heteroatoms. The van der Waals surface area contributed by atoms with Gasteiger partial charge in [0.25, 0.3) is 0 Å². The molecule has 2 aromatic carbocycles. The highest BCUT2D eigenvalue weighted by molar-refractivity contribution is 5.58. The number of benzene rings is 2. The molecule has 3 nitrogen and oxygen atoms in total. The van der Waals surface area contributed by atoms with E-state index in [2.05, 4.69) is 51.1 Å². The Kier molecular flexibility index (Phi) is 9.66. The quantitative estimate of drug-likeness (QED) is 0.391. The molecular formula is C30H42O3. The molecule has 0 spiro atoms. The molecule has 0 aliphatic heterocycles. The molecule has 33 heavy (non-hydrogen) atoms. The number of aliphatic hydroxyl groups is 3. The van der Waals surface area contributed by atoms with E-state index in [0.717, 1.165) is 41.5 Å². The number of allylic oxidation sites excluding steroid dienone is 1. The van der Waals surface area contributed by atoms with E-state index in [4.69, 9.17) is 0 Å². The Hall–Kier alpha value is -2.20. The first-order chi connectivity index (χ1) is 15.6. The van der Waals surface area contributed by atoms with Gasteiger partial charge in [0.05, 0.1) is 19.3 Å². The minimum absolute atomic E-state index is 0.0683. The second kappa shape index (κ2) is 11.8. The van der Waals surface area contributed by atoms with E-state index in [1.165, 1.54) is 11.1 Å². The SMILES string of the molecule is CCc1cc(C(C=Cc2ccc(CO)c(CO)c2)(CC)CC)ccc1C=CC(O)C(C)(C)C. The molecule has 3 N–H and O–H groups in total. The number of rotatable bonds is 10. The van der Waals surface area contributed by atoms with Crippen LogP contribution in [0.15, 0.2) is 48.6 Å². The Morgan fingerprint density at radius 1 is 0.818 bits per heavy atom. The molecule has 2 rings (SSSR count). The standard InChI is InChI=1S/C30H42O3/c1-7-23-19-27(14-12-24(23)13-15-28(33)29(4,5)6)30(8-2,9-3)17-16-22-10-11-25(20-31)26(18-22)21-32/h10-19,28,31-33H,7-9,20-21H2,1-6H3. The molecule has 0 amide bonds. The molecule has 180 valence electrons. The van der Waals surface area contributed by atoms with Crippen molar-refractivity contribution in [2.45, 2.75) is 85.5 Å². The van der Waals surface area contributed by atoms with Crippen molar-refractivity contribution < 1.29 is 15.3 Å². The van der Waals surface area contributed by atoms with Gasteiger partial charge in [0, 0.05) is 5.41 Å². The van der Waals surface area contributed by atoms with Crippen LogP contribution in [0.25, 0.3) is 12.2 Å². The van der Waals surface area contributed by atoms with Gasteiger partial charge in [-0.25, -0.2) is 0 Å². The van der Waals surface area contributed by atoms with Crippen molar-refractivity contribution in [2.75, 3.05) is 0 Å². The van der Waals surface area contributed by atoms with E-state index in [-0.39, 0.29) is 24.0 Å². The normalized spacial score (nSPS) is 13.8. The lowest BCUT2D eigenvalue weighted by atomic mass is 9.74. The summed E-state index contributed by atoms with van der Waals surface area (Å²) >= 11 is 0. The zero-order valence-electron chi connectivity index (χ0n) is 21.2. The highest BCUT2D eigenvalue weighted by Crippen LogP contribution is 2.36. The van der Waals surface area contributed by atoms with E-state index in [0.29, 0.717) is 0 Å². The lowest BCUT2D eigenvalue weighted by Gasteiger charge is -2.30. The maximum atomic E-state index is 10.4. The van der Waals surface area contributed by atoms with Crippen molar-refractivity contribution in [2.24, 2.45) is 5.41 Å². The van der Waals surface area contributed by atoms with Crippen molar-refractivity contribution in [1.29, 1.82) is 0 Å². The van der Waals surface area contributed by atoms with Crippen LogP contribution >= 0.6 is 0 Å². The fourth-order valence-corrected chi connectivity index (χ4v) is 4.16. The molecule has 0 radical (unpaired) electrons. The molecule has 1 atom stereocenters. The number of aliphatic hydroxyl groups excluding tert-OH is 3. The molecule has 0 saturated heterocycles. The predicted molar refractivity (Wildman–Crippen MR) is 140 cm³/mol. The van der Waals surface area contributed by atoms with Crippen LogP contribution in [0, 0.1) is 5.41 Å². The summed E-state index contributed by atoms with van der Waals surface area (Å²) in [4.78, 5) is 0. The van der Waals surface area contributed by atoms with Gasteiger partial charge in [-0.05, 0) is 64.1 Å². The Labute approximate surface area is 200 Å². The maximum Gasteiger partial charge on any atom is 0.0772 e. The summed E-state index contributed by atoms with van der Waals surface area (Å²) in [5.41, 5.74) is 6.00. The van der Waals surface area contributed by atoms with Crippen LogP contribution in [0.2, 0.25) is 0 Å². The zero-order chi connectivity index (χ0) is 24.6. The van der Waals surface area contributed by atoms with Crippen LogP contribution in [0.1, 0.15) is 87.8 Å². The molecule has 0 aliphatic rings. The molecule has 0 aliphatic carbocycles. The Morgan fingerprint density at radius 3 is 2.03 bits per heavy atom. The molecule has 0 saturated carbocycles. The van der Waals surface area contributed by atoms with Crippen molar-refractivity contribution in [3.8, 4) is 0 Å². The Morgan fingerprint density at radius 2 is 1.48 bits per heavy atom. The summed E-state index contributed by atoms with van der Waals surface area (Å²) in [6.07, 6.45) is 10.8. The van der Waals surface area contributed by atoms with Crippen LogP contribution in [0.5, 0.6) is 0 Å². The van der Waals surface area contributed by atoms with Crippen molar-refractivity contribution >= 4 is 12.2 Å². The summed E-state index contributed by atoms with van der Waals surface area (Å²) in [7, 11) is 0. The van der Waals surface area contributed by atoms with Crippen LogP contribution < -0.4 is 0 Å². The Balaban J connectivity index is 2.41. The average molecular weight is 451 g/mol. The van der Waals surface area contributed by atoms with Gasteiger partial charge in [-0.1, -0.05) is 96.2 Å². The van der Waals surface area contributed by atoms with Crippen molar-refractivity contribution in [3.63, 3.8) is 0 Å². The topological polar surface area (TPSA) is 60.7 Å². The molecule has 0 aromatic heterocycles. The van der Waals surface area contributed by atoms with Crippen LogP contribution in [-0.2, 0) is 25.0 Å². The number of hydrogen-bond donors (Lipinski definition) is 3. The first kappa shape index (κ1) is 27.0. The van der Waals surface area contributed by atoms with Gasteiger partial charge in [-0.15, -0.1) is 0 Å².